The van der Waals surface area contributed by atoms with E-state index in [0.717, 1.165) is 13.8 Å². The van der Waals surface area contributed by atoms with Crippen LogP contribution >= 0.6 is 0 Å². The van der Waals surface area contributed by atoms with Crippen LogP contribution in [0.15, 0.2) is 30.3 Å². The van der Waals surface area contributed by atoms with Crippen LogP contribution in [0.3, 0.4) is 0 Å². The Labute approximate surface area is 120 Å². The predicted octanol–water partition coefficient (Wildman–Crippen LogP) is 2.94. The number of halogens is 3. The maximum absolute atomic E-state index is 12.4. The summed E-state index contributed by atoms with van der Waals surface area (Å²) in [6.45, 7) is 3.26. The van der Waals surface area contributed by atoms with Crippen LogP contribution in [0.4, 0.5) is 18.9 Å². The standard InChI is InChI=1S/C14H16F3NO3/c1-9(18-10-7-5-4-6-8-10)11(19)21-13(2,3)12(20)14(15,16)17/h4-9,18H,1-3H3. The number of carbonyl (C=O) groups excluding carboxylic acids is 2. The largest absolute Gasteiger partial charge is 0.454 e. The Morgan fingerprint density at radius 3 is 2.14 bits per heavy atom. The van der Waals surface area contributed by atoms with Gasteiger partial charge in [-0.2, -0.15) is 13.2 Å². The summed E-state index contributed by atoms with van der Waals surface area (Å²) in [5.41, 5.74) is -1.65. The lowest BCUT2D eigenvalue weighted by molar-refractivity contribution is -0.195. The van der Waals surface area contributed by atoms with Crippen molar-refractivity contribution in [2.45, 2.75) is 38.6 Å². The van der Waals surface area contributed by atoms with E-state index < -0.39 is 29.6 Å². The van der Waals surface area contributed by atoms with Crippen LogP contribution in [0.25, 0.3) is 0 Å². The highest BCUT2D eigenvalue weighted by Crippen LogP contribution is 2.26. The number of anilines is 1. The van der Waals surface area contributed by atoms with E-state index in [2.05, 4.69) is 10.1 Å². The van der Waals surface area contributed by atoms with E-state index in [-0.39, 0.29) is 0 Å². The molecule has 21 heavy (non-hydrogen) atoms. The van der Waals surface area contributed by atoms with Crippen LogP contribution in [-0.2, 0) is 14.3 Å². The van der Waals surface area contributed by atoms with Gasteiger partial charge in [0.05, 0.1) is 0 Å². The number of hydrogen-bond donors (Lipinski definition) is 1. The van der Waals surface area contributed by atoms with Gasteiger partial charge in [-0.25, -0.2) is 4.79 Å². The number of ketones is 1. The zero-order valence-corrected chi connectivity index (χ0v) is 11.8. The van der Waals surface area contributed by atoms with Crippen LogP contribution in [-0.4, -0.2) is 29.6 Å². The van der Waals surface area contributed by atoms with E-state index in [1.807, 2.05) is 0 Å². The van der Waals surface area contributed by atoms with Crippen molar-refractivity contribution >= 4 is 17.4 Å². The molecule has 0 bridgehead atoms. The first kappa shape index (κ1) is 17.0. The van der Waals surface area contributed by atoms with Gasteiger partial charge in [-0.15, -0.1) is 0 Å². The number of alkyl halides is 3. The number of Topliss-reactive ketones (excluding diaryl/α,β-unsaturated/α-hetero) is 1. The molecule has 1 atom stereocenters. The van der Waals surface area contributed by atoms with Crippen LogP contribution in [0.1, 0.15) is 20.8 Å². The summed E-state index contributed by atoms with van der Waals surface area (Å²) in [4.78, 5) is 23.0. The van der Waals surface area contributed by atoms with Crippen LogP contribution in [0.2, 0.25) is 0 Å². The molecule has 0 radical (unpaired) electrons. The molecule has 0 aliphatic carbocycles. The molecule has 0 saturated carbocycles. The Morgan fingerprint density at radius 1 is 1.14 bits per heavy atom. The number of rotatable bonds is 5. The second-order valence-electron chi connectivity index (χ2n) is 4.99. The number of esters is 1. The predicted molar refractivity (Wildman–Crippen MR) is 70.8 cm³/mol. The molecule has 7 heteroatoms. The van der Waals surface area contributed by atoms with E-state index in [1.165, 1.54) is 6.92 Å². The van der Waals surface area contributed by atoms with Crippen molar-refractivity contribution in [1.29, 1.82) is 0 Å². The summed E-state index contributed by atoms with van der Waals surface area (Å²) in [6, 6.07) is 7.73. The Morgan fingerprint density at radius 2 is 1.67 bits per heavy atom. The third-order valence-electron chi connectivity index (χ3n) is 2.67. The van der Waals surface area contributed by atoms with Gasteiger partial charge in [-0.3, -0.25) is 4.79 Å². The number of hydrogen-bond acceptors (Lipinski definition) is 4. The number of nitrogens with one attached hydrogen (secondary N) is 1. The first-order valence-electron chi connectivity index (χ1n) is 6.20. The fourth-order valence-corrected chi connectivity index (χ4v) is 1.57. The van der Waals surface area contributed by atoms with Crippen molar-refractivity contribution in [3.63, 3.8) is 0 Å². The van der Waals surface area contributed by atoms with Gasteiger partial charge in [0.25, 0.3) is 5.78 Å². The smallest absolute Gasteiger partial charge is 0.450 e. The fraction of sp³-hybridized carbons (Fsp3) is 0.429. The molecule has 0 aromatic heterocycles. The molecule has 1 rings (SSSR count). The van der Waals surface area contributed by atoms with E-state index in [1.54, 1.807) is 30.3 Å². The number of ether oxygens (including phenoxy) is 1. The van der Waals surface area contributed by atoms with E-state index in [4.69, 9.17) is 0 Å². The lowest BCUT2D eigenvalue weighted by Crippen LogP contribution is -2.47. The second kappa shape index (κ2) is 6.15. The van der Waals surface area contributed by atoms with E-state index in [9.17, 15) is 22.8 Å². The topological polar surface area (TPSA) is 55.4 Å². The first-order chi connectivity index (χ1) is 9.54. The van der Waals surface area contributed by atoms with Crippen LogP contribution in [0, 0.1) is 0 Å². The average molecular weight is 303 g/mol. The summed E-state index contributed by atoms with van der Waals surface area (Å²) < 4.78 is 41.8. The Hall–Kier alpha value is -2.05. The Kier molecular flexibility index (Phi) is 4.98. The lowest BCUT2D eigenvalue weighted by Gasteiger charge is -2.26. The minimum absolute atomic E-state index is 0.613. The van der Waals surface area contributed by atoms with Crippen molar-refractivity contribution in [2.24, 2.45) is 0 Å². The highest BCUT2D eigenvalue weighted by molar-refractivity contribution is 5.94. The highest BCUT2D eigenvalue weighted by Gasteiger charge is 2.50. The lowest BCUT2D eigenvalue weighted by atomic mass is 10.0. The summed E-state index contributed by atoms with van der Waals surface area (Å²) in [7, 11) is 0. The van der Waals surface area contributed by atoms with Gasteiger partial charge in [0, 0.05) is 5.69 Å². The minimum atomic E-state index is -5.06. The van der Waals surface area contributed by atoms with Gasteiger partial charge >= 0.3 is 12.1 Å². The maximum atomic E-state index is 12.4. The third kappa shape index (κ3) is 4.77. The molecule has 0 aliphatic rings. The highest BCUT2D eigenvalue weighted by atomic mass is 19.4. The molecule has 0 heterocycles. The second-order valence-corrected chi connectivity index (χ2v) is 4.99. The molecule has 0 fully saturated rings. The van der Waals surface area contributed by atoms with Gasteiger partial charge < -0.3 is 10.1 Å². The van der Waals surface area contributed by atoms with Crippen LogP contribution in [0.5, 0.6) is 0 Å². The van der Waals surface area contributed by atoms with Crippen molar-refractivity contribution in [3.05, 3.63) is 30.3 Å². The third-order valence-corrected chi connectivity index (χ3v) is 2.67. The summed E-state index contributed by atoms with van der Waals surface area (Å²) >= 11 is 0. The zero-order chi connectivity index (χ0) is 16.3. The molecule has 1 unspecified atom stereocenters. The Bertz CT molecular complexity index is 512. The molecule has 0 amide bonds. The number of benzene rings is 1. The molecule has 1 aromatic carbocycles. The van der Waals surface area contributed by atoms with E-state index in [0.29, 0.717) is 5.69 Å². The van der Waals surface area contributed by atoms with Gasteiger partial charge in [0.1, 0.15) is 6.04 Å². The minimum Gasteiger partial charge on any atom is -0.450 e. The summed E-state index contributed by atoms with van der Waals surface area (Å²) in [5, 5.41) is 2.77. The van der Waals surface area contributed by atoms with Crippen molar-refractivity contribution in [3.8, 4) is 0 Å². The summed E-state index contributed by atoms with van der Waals surface area (Å²) in [5.74, 6) is -3.04. The molecule has 1 aromatic rings. The first-order valence-corrected chi connectivity index (χ1v) is 6.20. The molecule has 0 saturated heterocycles. The van der Waals surface area contributed by atoms with Gasteiger partial charge in [-0.1, -0.05) is 18.2 Å². The molecular formula is C14H16F3NO3. The summed E-state index contributed by atoms with van der Waals surface area (Å²) in [6.07, 6.45) is -5.06. The maximum Gasteiger partial charge on any atom is 0.454 e. The van der Waals surface area contributed by atoms with Crippen LogP contribution < -0.4 is 5.32 Å². The van der Waals surface area contributed by atoms with E-state index >= 15 is 0 Å². The zero-order valence-electron chi connectivity index (χ0n) is 11.8. The van der Waals surface area contributed by atoms with Crippen molar-refractivity contribution < 1.29 is 27.5 Å². The Balaban J connectivity index is 2.69. The average Bonchev–Trinajstić information content (AvgIpc) is 2.37. The quantitative estimate of drug-likeness (QED) is 0.850. The number of para-hydroxylation sites is 1. The normalized spacial score (nSPS) is 13.4. The molecule has 1 N–H and O–H groups in total. The van der Waals surface area contributed by atoms with Gasteiger partial charge in [0.2, 0.25) is 0 Å². The monoisotopic (exact) mass is 303 g/mol. The van der Waals surface area contributed by atoms with Gasteiger partial charge in [-0.05, 0) is 32.9 Å². The molecule has 0 spiro atoms. The molecule has 0 aliphatic heterocycles. The van der Waals surface area contributed by atoms with Crippen molar-refractivity contribution in [2.75, 3.05) is 5.32 Å². The molecular weight excluding hydrogens is 287 g/mol. The van der Waals surface area contributed by atoms with Gasteiger partial charge in [0.15, 0.2) is 5.60 Å². The SMILES string of the molecule is CC(Nc1ccccc1)C(=O)OC(C)(C)C(=O)C(F)(F)F. The molecule has 4 nitrogen and oxygen atoms in total. The fourth-order valence-electron chi connectivity index (χ4n) is 1.57. The number of carbonyl (C=O) groups is 2. The molecule has 116 valence electrons. The van der Waals surface area contributed by atoms with Crippen molar-refractivity contribution in [1.82, 2.24) is 0 Å².